The molecule has 0 spiro atoms. The van der Waals surface area contributed by atoms with E-state index < -0.39 is 17.6 Å². The SMILES string of the molecule is CC(C)NCC(C(=O)N1CCN(c2ncnc3c2C(C)CC3)CC1)c1ccc(F)c(F)c1.Cl.Cl. The Kier molecular flexibility index (Phi) is 10.0. The number of hydrogen-bond donors (Lipinski definition) is 1. The Bertz CT molecular complexity index is 986. The Labute approximate surface area is 212 Å². The van der Waals surface area contributed by atoms with E-state index in [0.29, 0.717) is 44.2 Å². The van der Waals surface area contributed by atoms with Gasteiger partial charge in [-0.1, -0.05) is 26.8 Å². The van der Waals surface area contributed by atoms with Crippen molar-refractivity contribution >= 4 is 36.5 Å². The second kappa shape index (κ2) is 12.1. The zero-order chi connectivity index (χ0) is 22.8. The van der Waals surface area contributed by atoms with Gasteiger partial charge in [-0.2, -0.15) is 0 Å². The number of carbonyl (C=O) groups excluding carboxylic acids is 1. The third kappa shape index (κ3) is 5.96. The molecule has 188 valence electrons. The van der Waals surface area contributed by atoms with Gasteiger partial charge in [0, 0.05) is 50.0 Å². The highest BCUT2D eigenvalue weighted by molar-refractivity contribution is 5.86. The van der Waals surface area contributed by atoms with Gasteiger partial charge in [0.2, 0.25) is 5.91 Å². The highest BCUT2D eigenvalue weighted by Gasteiger charge is 2.32. The van der Waals surface area contributed by atoms with Crippen LogP contribution in [0.1, 0.15) is 55.8 Å². The Hall–Kier alpha value is -2.03. The number of piperazine rings is 1. The summed E-state index contributed by atoms with van der Waals surface area (Å²) in [6, 6.07) is 3.91. The first-order valence-electron chi connectivity index (χ1n) is 11.4. The minimum absolute atomic E-state index is 0. The summed E-state index contributed by atoms with van der Waals surface area (Å²) in [6.45, 7) is 9.07. The van der Waals surface area contributed by atoms with Crippen LogP contribution >= 0.6 is 24.8 Å². The number of halogens is 4. The van der Waals surface area contributed by atoms with Crippen LogP contribution in [0.3, 0.4) is 0 Å². The lowest BCUT2D eigenvalue weighted by Crippen LogP contribution is -2.51. The standard InChI is InChI=1S/C24H31F2N5O.2ClH/c1-15(2)27-13-18(17-5-6-19(25)20(26)12-17)24(32)31-10-8-30(9-11-31)23-22-16(3)4-7-21(22)28-14-29-23;;/h5-6,12,14-16,18,27H,4,7-11,13H2,1-3H3;2*1H. The molecule has 1 aromatic carbocycles. The summed E-state index contributed by atoms with van der Waals surface area (Å²) in [6.07, 6.45) is 3.72. The van der Waals surface area contributed by atoms with Crippen LogP contribution in [0.2, 0.25) is 0 Å². The molecule has 4 rings (SSSR count). The van der Waals surface area contributed by atoms with Gasteiger partial charge in [0.05, 0.1) is 5.92 Å². The molecule has 1 aliphatic carbocycles. The summed E-state index contributed by atoms with van der Waals surface area (Å²) in [5.74, 6) is -1.03. The maximum atomic E-state index is 13.9. The van der Waals surface area contributed by atoms with E-state index in [1.165, 1.54) is 11.6 Å². The van der Waals surface area contributed by atoms with Crippen molar-refractivity contribution in [1.29, 1.82) is 0 Å². The smallest absolute Gasteiger partial charge is 0.231 e. The van der Waals surface area contributed by atoms with Crippen molar-refractivity contribution in [3.8, 4) is 0 Å². The number of carbonyl (C=O) groups is 1. The van der Waals surface area contributed by atoms with Gasteiger partial charge >= 0.3 is 0 Å². The van der Waals surface area contributed by atoms with Crippen molar-refractivity contribution in [3.63, 3.8) is 0 Å². The maximum Gasteiger partial charge on any atom is 0.231 e. The third-order valence-corrected chi connectivity index (χ3v) is 6.52. The molecule has 10 heteroatoms. The van der Waals surface area contributed by atoms with Gasteiger partial charge in [0.25, 0.3) is 0 Å². The molecule has 1 aliphatic heterocycles. The molecule has 1 amide bonds. The average Bonchev–Trinajstić information content (AvgIpc) is 3.17. The number of hydrogen-bond acceptors (Lipinski definition) is 5. The first-order valence-corrected chi connectivity index (χ1v) is 11.4. The van der Waals surface area contributed by atoms with Gasteiger partial charge in [-0.25, -0.2) is 18.7 Å². The molecule has 2 atom stereocenters. The minimum atomic E-state index is -0.929. The van der Waals surface area contributed by atoms with Crippen molar-refractivity contribution in [2.45, 2.75) is 51.5 Å². The fraction of sp³-hybridized carbons (Fsp3) is 0.542. The van der Waals surface area contributed by atoms with E-state index in [2.05, 4.69) is 27.1 Å². The van der Waals surface area contributed by atoms with Gasteiger partial charge in [0.15, 0.2) is 11.6 Å². The number of benzene rings is 1. The largest absolute Gasteiger partial charge is 0.353 e. The fourth-order valence-corrected chi connectivity index (χ4v) is 4.66. The summed E-state index contributed by atoms with van der Waals surface area (Å²) in [5, 5.41) is 3.27. The van der Waals surface area contributed by atoms with E-state index in [-0.39, 0.29) is 36.8 Å². The lowest BCUT2D eigenvalue weighted by Gasteiger charge is -2.38. The molecule has 1 N–H and O–H groups in total. The molecule has 6 nitrogen and oxygen atoms in total. The fourth-order valence-electron chi connectivity index (χ4n) is 4.66. The van der Waals surface area contributed by atoms with Crippen LogP contribution in [0, 0.1) is 11.6 Å². The van der Waals surface area contributed by atoms with E-state index in [1.54, 1.807) is 6.33 Å². The summed E-state index contributed by atoms with van der Waals surface area (Å²) in [4.78, 5) is 26.5. The molecular weight excluding hydrogens is 483 g/mol. The second-order valence-electron chi connectivity index (χ2n) is 9.10. The third-order valence-electron chi connectivity index (χ3n) is 6.52. The van der Waals surface area contributed by atoms with E-state index >= 15 is 0 Å². The number of aromatic nitrogens is 2. The lowest BCUT2D eigenvalue weighted by atomic mass is 9.96. The molecule has 1 fully saturated rings. The van der Waals surface area contributed by atoms with E-state index in [0.717, 1.165) is 36.5 Å². The number of anilines is 1. The highest BCUT2D eigenvalue weighted by atomic mass is 35.5. The zero-order valence-corrected chi connectivity index (χ0v) is 21.4. The molecule has 1 saturated heterocycles. The minimum Gasteiger partial charge on any atom is -0.353 e. The van der Waals surface area contributed by atoms with Crippen molar-refractivity contribution in [1.82, 2.24) is 20.2 Å². The lowest BCUT2D eigenvalue weighted by molar-refractivity contribution is -0.133. The van der Waals surface area contributed by atoms with Gasteiger partial charge < -0.3 is 15.1 Å². The Morgan fingerprint density at radius 2 is 1.82 bits per heavy atom. The van der Waals surface area contributed by atoms with Crippen molar-refractivity contribution in [2.24, 2.45) is 0 Å². The first kappa shape index (κ1) is 28.2. The van der Waals surface area contributed by atoms with E-state index in [4.69, 9.17) is 0 Å². The highest BCUT2D eigenvalue weighted by Crippen LogP contribution is 2.37. The second-order valence-corrected chi connectivity index (χ2v) is 9.10. The molecule has 2 aromatic rings. The molecular formula is C24H33Cl2F2N5O. The quantitative estimate of drug-likeness (QED) is 0.627. The van der Waals surface area contributed by atoms with E-state index in [9.17, 15) is 13.6 Å². The van der Waals surface area contributed by atoms with Crippen molar-refractivity contribution in [2.75, 3.05) is 37.6 Å². The molecule has 2 heterocycles. The van der Waals surface area contributed by atoms with Crippen LogP contribution in [0.4, 0.5) is 14.6 Å². The Morgan fingerprint density at radius 1 is 1.12 bits per heavy atom. The molecule has 0 bridgehead atoms. The van der Waals surface area contributed by atoms with Gasteiger partial charge in [-0.05, 0) is 36.5 Å². The summed E-state index contributed by atoms with van der Waals surface area (Å²) >= 11 is 0. The first-order chi connectivity index (χ1) is 15.3. The van der Waals surface area contributed by atoms with Crippen LogP contribution in [0.15, 0.2) is 24.5 Å². The van der Waals surface area contributed by atoms with Crippen LogP contribution in [0.25, 0.3) is 0 Å². The number of nitrogens with zero attached hydrogens (tertiary/aromatic N) is 4. The number of aryl methyl sites for hydroxylation is 1. The van der Waals surface area contributed by atoms with Gasteiger partial charge in [-0.15, -0.1) is 24.8 Å². The number of rotatable bonds is 6. The van der Waals surface area contributed by atoms with Gasteiger partial charge in [0.1, 0.15) is 12.1 Å². The normalized spacial score (nSPS) is 18.2. The van der Waals surface area contributed by atoms with Crippen LogP contribution in [-0.2, 0) is 11.2 Å². The molecule has 2 aliphatic rings. The van der Waals surface area contributed by atoms with Crippen molar-refractivity contribution < 1.29 is 13.6 Å². The van der Waals surface area contributed by atoms with Crippen LogP contribution in [-0.4, -0.2) is 59.5 Å². The van der Waals surface area contributed by atoms with Crippen LogP contribution in [0.5, 0.6) is 0 Å². The molecule has 0 radical (unpaired) electrons. The molecule has 34 heavy (non-hydrogen) atoms. The summed E-state index contributed by atoms with van der Waals surface area (Å²) < 4.78 is 27.3. The molecule has 0 saturated carbocycles. The number of nitrogens with one attached hydrogen (secondary N) is 1. The van der Waals surface area contributed by atoms with Gasteiger partial charge in [-0.3, -0.25) is 4.79 Å². The zero-order valence-electron chi connectivity index (χ0n) is 19.8. The monoisotopic (exact) mass is 515 g/mol. The van der Waals surface area contributed by atoms with Crippen LogP contribution < -0.4 is 10.2 Å². The number of fused-ring (bicyclic) bond motifs is 1. The predicted octanol–water partition coefficient (Wildman–Crippen LogP) is 4.08. The Balaban J connectivity index is 0.00000204. The number of amides is 1. The topological polar surface area (TPSA) is 61.4 Å². The predicted molar refractivity (Wildman–Crippen MR) is 134 cm³/mol. The Morgan fingerprint density at radius 3 is 2.47 bits per heavy atom. The van der Waals surface area contributed by atoms with E-state index in [1.807, 2.05) is 18.7 Å². The molecule has 2 unspecified atom stereocenters. The van der Waals surface area contributed by atoms with Crippen molar-refractivity contribution in [3.05, 3.63) is 53.0 Å². The summed E-state index contributed by atoms with van der Waals surface area (Å²) in [7, 11) is 0. The average molecular weight is 516 g/mol. The summed E-state index contributed by atoms with van der Waals surface area (Å²) in [5.41, 5.74) is 2.87. The molecule has 1 aromatic heterocycles. The maximum absolute atomic E-state index is 13.9.